The van der Waals surface area contributed by atoms with Gasteiger partial charge in [0.05, 0.1) is 13.3 Å². The molecule has 0 atom stereocenters. The van der Waals surface area contributed by atoms with Gasteiger partial charge in [0.1, 0.15) is 17.4 Å². The fraction of sp³-hybridized carbons (Fsp3) is 0.167. The van der Waals surface area contributed by atoms with E-state index < -0.39 is 0 Å². The second-order valence-electron chi connectivity index (χ2n) is 3.63. The minimum absolute atomic E-state index is 0.241. The molecule has 7 heteroatoms. The summed E-state index contributed by atoms with van der Waals surface area (Å²) < 4.78 is 10.7. The highest BCUT2D eigenvalue weighted by molar-refractivity contribution is 6.31. The minimum atomic E-state index is 0.241. The molecule has 19 heavy (non-hydrogen) atoms. The van der Waals surface area contributed by atoms with E-state index in [1.54, 1.807) is 7.11 Å². The average Bonchev–Trinajstić information content (AvgIpc) is 2.46. The van der Waals surface area contributed by atoms with Crippen LogP contribution in [0.2, 0.25) is 5.02 Å². The van der Waals surface area contributed by atoms with Gasteiger partial charge in [0, 0.05) is 0 Å². The van der Waals surface area contributed by atoms with E-state index in [4.69, 9.17) is 26.9 Å². The van der Waals surface area contributed by atoms with Crippen molar-refractivity contribution < 1.29 is 9.47 Å². The SMILES string of the molecule is COc1cccc(COc2nc(NN)ncc2Cl)c1. The summed E-state index contributed by atoms with van der Waals surface area (Å²) in [4.78, 5) is 7.88. The Morgan fingerprint density at radius 3 is 3.00 bits per heavy atom. The zero-order chi connectivity index (χ0) is 13.7. The standard InChI is InChI=1S/C12H13ClN4O2/c1-18-9-4-2-3-8(5-9)7-19-11-10(13)6-15-12(16-11)17-14/h2-6H,7,14H2,1H3,(H,15,16,17). The Morgan fingerprint density at radius 2 is 2.26 bits per heavy atom. The highest BCUT2D eigenvalue weighted by Gasteiger charge is 2.06. The molecule has 0 fully saturated rings. The fourth-order valence-electron chi connectivity index (χ4n) is 1.44. The number of benzene rings is 1. The first-order valence-electron chi connectivity index (χ1n) is 5.48. The largest absolute Gasteiger partial charge is 0.497 e. The van der Waals surface area contributed by atoms with Gasteiger partial charge in [0.25, 0.3) is 0 Å². The maximum absolute atomic E-state index is 5.93. The van der Waals surface area contributed by atoms with Gasteiger partial charge in [-0.2, -0.15) is 4.98 Å². The van der Waals surface area contributed by atoms with Crippen LogP contribution in [0.15, 0.2) is 30.5 Å². The van der Waals surface area contributed by atoms with Gasteiger partial charge in [-0.15, -0.1) is 0 Å². The predicted octanol–water partition coefficient (Wildman–Crippen LogP) is 2.00. The molecule has 0 spiro atoms. The Bertz CT molecular complexity index is 565. The van der Waals surface area contributed by atoms with Gasteiger partial charge in [-0.05, 0) is 17.7 Å². The van der Waals surface area contributed by atoms with Crippen LogP contribution in [0.3, 0.4) is 0 Å². The number of hydrogen-bond acceptors (Lipinski definition) is 6. The molecule has 2 aromatic rings. The number of rotatable bonds is 5. The monoisotopic (exact) mass is 280 g/mol. The van der Waals surface area contributed by atoms with Gasteiger partial charge in [-0.3, -0.25) is 5.43 Å². The molecule has 0 bridgehead atoms. The van der Waals surface area contributed by atoms with E-state index in [0.717, 1.165) is 11.3 Å². The van der Waals surface area contributed by atoms with Gasteiger partial charge in [-0.1, -0.05) is 23.7 Å². The molecule has 0 aliphatic carbocycles. The number of nitrogens with one attached hydrogen (secondary N) is 1. The van der Waals surface area contributed by atoms with Crippen molar-refractivity contribution >= 4 is 17.5 Å². The number of hydrazine groups is 1. The molecule has 0 radical (unpaired) electrons. The highest BCUT2D eigenvalue weighted by Crippen LogP contribution is 2.23. The van der Waals surface area contributed by atoms with Crippen LogP contribution in [0.5, 0.6) is 11.6 Å². The summed E-state index contributed by atoms with van der Waals surface area (Å²) >= 11 is 5.93. The van der Waals surface area contributed by atoms with Crippen LogP contribution < -0.4 is 20.7 Å². The molecule has 1 aromatic carbocycles. The summed E-state index contributed by atoms with van der Waals surface area (Å²) in [6.45, 7) is 0.317. The number of aromatic nitrogens is 2. The van der Waals surface area contributed by atoms with Crippen molar-refractivity contribution in [3.05, 3.63) is 41.0 Å². The molecule has 0 aliphatic rings. The molecule has 1 heterocycles. The smallest absolute Gasteiger partial charge is 0.240 e. The maximum Gasteiger partial charge on any atom is 0.240 e. The number of nitrogen functional groups attached to an aromatic ring is 1. The molecule has 0 unspecified atom stereocenters. The molecule has 3 N–H and O–H groups in total. The summed E-state index contributed by atoms with van der Waals surface area (Å²) in [7, 11) is 1.61. The molecule has 2 rings (SSSR count). The van der Waals surface area contributed by atoms with Crippen molar-refractivity contribution in [2.45, 2.75) is 6.61 Å². The molecule has 0 saturated carbocycles. The first kappa shape index (κ1) is 13.4. The Morgan fingerprint density at radius 1 is 1.42 bits per heavy atom. The van der Waals surface area contributed by atoms with Crippen LogP contribution in [-0.2, 0) is 6.61 Å². The lowest BCUT2D eigenvalue weighted by Gasteiger charge is -2.08. The van der Waals surface area contributed by atoms with Crippen LogP contribution >= 0.6 is 11.6 Å². The number of ether oxygens (including phenoxy) is 2. The lowest BCUT2D eigenvalue weighted by molar-refractivity contribution is 0.293. The van der Waals surface area contributed by atoms with Crippen molar-refractivity contribution in [2.75, 3.05) is 12.5 Å². The van der Waals surface area contributed by atoms with E-state index in [9.17, 15) is 0 Å². The van der Waals surface area contributed by atoms with Gasteiger partial charge >= 0.3 is 0 Å². The Labute approximate surface area is 115 Å². The number of nitrogens with two attached hydrogens (primary N) is 1. The molecule has 0 saturated heterocycles. The van der Waals surface area contributed by atoms with Gasteiger partial charge < -0.3 is 9.47 Å². The van der Waals surface area contributed by atoms with Crippen molar-refractivity contribution in [3.8, 4) is 11.6 Å². The maximum atomic E-state index is 5.93. The molecule has 100 valence electrons. The highest BCUT2D eigenvalue weighted by atomic mass is 35.5. The Hall–Kier alpha value is -2.05. The average molecular weight is 281 g/mol. The Kier molecular flexibility index (Phi) is 4.38. The fourth-order valence-corrected chi connectivity index (χ4v) is 1.58. The Balaban J connectivity index is 2.09. The van der Waals surface area contributed by atoms with Crippen LogP contribution in [0.1, 0.15) is 5.56 Å². The number of anilines is 1. The normalized spacial score (nSPS) is 10.1. The molecule has 0 aliphatic heterocycles. The van der Waals surface area contributed by atoms with Crippen LogP contribution in [-0.4, -0.2) is 17.1 Å². The third-order valence-corrected chi connectivity index (χ3v) is 2.61. The molecule has 1 aromatic heterocycles. The first-order valence-corrected chi connectivity index (χ1v) is 5.85. The van der Waals surface area contributed by atoms with Crippen LogP contribution in [0.4, 0.5) is 5.95 Å². The van der Waals surface area contributed by atoms with Crippen molar-refractivity contribution in [3.63, 3.8) is 0 Å². The third-order valence-electron chi connectivity index (χ3n) is 2.35. The lowest BCUT2D eigenvalue weighted by atomic mass is 10.2. The van der Waals surface area contributed by atoms with Crippen molar-refractivity contribution in [1.82, 2.24) is 9.97 Å². The van der Waals surface area contributed by atoms with E-state index in [1.807, 2.05) is 24.3 Å². The van der Waals surface area contributed by atoms with E-state index in [-0.39, 0.29) is 11.8 Å². The molecular formula is C12H13ClN4O2. The van der Waals surface area contributed by atoms with Gasteiger partial charge in [0.15, 0.2) is 0 Å². The van der Waals surface area contributed by atoms with E-state index in [0.29, 0.717) is 11.6 Å². The summed E-state index contributed by atoms with van der Waals surface area (Å²) in [6, 6.07) is 7.53. The molecular weight excluding hydrogens is 268 g/mol. The number of halogens is 1. The second kappa shape index (κ2) is 6.21. The zero-order valence-corrected chi connectivity index (χ0v) is 11.0. The van der Waals surface area contributed by atoms with E-state index in [2.05, 4.69) is 15.4 Å². The third kappa shape index (κ3) is 3.46. The van der Waals surface area contributed by atoms with E-state index in [1.165, 1.54) is 6.20 Å². The van der Waals surface area contributed by atoms with E-state index >= 15 is 0 Å². The summed E-state index contributed by atoms with van der Waals surface area (Å²) in [5, 5.41) is 0.321. The van der Waals surface area contributed by atoms with Crippen molar-refractivity contribution in [2.24, 2.45) is 5.84 Å². The number of hydrogen-bond donors (Lipinski definition) is 2. The summed E-state index contributed by atoms with van der Waals surface area (Å²) in [5.74, 6) is 6.50. The zero-order valence-electron chi connectivity index (χ0n) is 10.3. The van der Waals surface area contributed by atoms with Crippen LogP contribution in [0.25, 0.3) is 0 Å². The lowest BCUT2D eigenvalue weighted by Crippen LogP contribution is -2.11. The second-order valence-corrected chi connectivity index (χ2v) is 4.04. The van der Waals surface area contributed by atoms with Crippen molar-refractivity contribution in [1.29, 1.82) is 0 Å². The minimum Gasteiger partial charge on any atom is -0.497 e. The quantitative estimate of drug-likeness (QED) is 0.644. The number of methoxy groups -OCH3 is 1. The van der Waals surface area contributed by atoms with Crippen LogP contribution in [0, 0.1) is 0 Å². The van der Waals surface area contributed by atoms with Gasteiger partial charge in [-0.25, -0.2) is 10.8 Å². The first-order chi connectivity index (χ1) is 9.22. The summed E-state index contributed by atoms with van der Waals surface area (Å²) in [6.07, 6.45) is 1.42. The topological polar surface area (TPSA) is 82.3 Å². The molecule has 0 amide bonds. The predicted molar refractivity (Wildman–Crippen MR) is 72.2 cm³/mol. The molecule has 6 nitrogen and oxygen atoms in total. The number of nitrogens with zero attached hydrogens (tertiary/aromatic N) is 2. The summed E-state index contributed by atoms with van der Waals surface area (Å²) in [5.41, 5.74) is 3.27. The van der Waals surface area contributed by atoms with Gasteiger partial charge in [0.2, 0.25) is 11.8 Å².